The Balaban J connectivity index is 2.81. The van der Waals surface area contributed by atoms with Crippen molar-refractivity contribution in [2.75, 3.05) is 26.2 Å². The van der Waals surface area contributed by atoms with Gasteiger partial charge in [-0.05, 0) is 6.42 Å². The third-order valence-corrected chi connectivity index (χ3v) is 3.55. The fourth-order valence-electron chi connectivity index (χ4n) is 1.10. The molecule has 7 heteroatoms. The van der Waals surface area contributed by atoms with Crippen LogP contribution < -0.4 is 9.47 Å². The van der Waals surface area contributed by atoms with Crippen LogP contribution in [0.5, 0.6) is 11.8 Å². The number of nitrogens with zero attached hydrogens (tertiary/aromatic N) is 2. The first kappa shape index (κ1) is 14.5. The van der Waals surface area contributed by atoms with Gasteiger partial charge in [0.25, 0.3) is 0 Å². The molecule has 0 amide bonds. The predicted octanol–water partition coefficient (Wildman–Crippen LogP) is 1.73. The van der Waals surface area contributed by atoms with E-state index in [1.165, 1.54) is 26.0 Å². The standard InChI is InChI=1S/C10H15BrN2O3S/c1-15-8-5-9(16-2)13-10(12-8)17-7(6-14)3-4-11/h5,7,14H,3-4,6H2,1-2H3. The first-order valence-corrected chi connectivity index (χ1v) is 7.04. The molecule has 1 heterocycles. The maximum Gasteiger partial charge on any atom is 0.220 e. The molecule has 0 aliphatic heterocycles. The molecule has 1 rings (SSSR count). The van der Waals surface area contributed by atoms with Gasteiger partial charge in [-0.25, -0.2) is 0 Å². The van der Waals surface area contributed by atoms with E-state index < -0.39 is 0 Å². The van der Waals surface area contributed by atoms with Crippen molar-refractivity contribution in [3.8, 4) is 11.8 Å². The summed E-state index contributed by atoms with van der Waals surface area (Å²) in [4.78, 5) is 8.39. The average molecular weight is 323 g/mol. The molecule has 0 spiro atoms. The minimum absolute atomic E-state index is 0.0613. The summed E-state index contributed by atoms with van der Waals surface area (Å²) in [7, 11) is 3.08. The zero-order chi connectivity index (χ0) is 12.7. The summed E-state index contributed by atoms with van der Waals surface area (Å²) in [6.07, 6.45) is 0.837. The fourth-order valence-corrected chi connectivity index (χ4v) is 2.85. The normalized spacial score (nSPS) is 12.2. The van der Waals surface area contributed by atoms with E-state index in [1.54, 1.807) is 6.07 Å². The Morgan fingerprint density at radius 2 is 1.94 bits per heavy atom. The van der Waals surface area contributed by atoms with Gasteiger partial charge in [0.15, 0.2) is 5.16 Å². The van der Waals surface area contributed by atoms with E-state index in [0.29, 0.717) is 16.9 Å². The van der Waals surface area contributed by atoms with Crippen LogP contribution in [0.4, 0.5) is 0 Å². The largest absolute Gasteiger partial charge is 0.481 e. The van der Waals surface area contributed by atoms with E-state index >= 15 is 0 Å². The Labute approximate surface area is 113 Å². The highest BCUT2D eigenvalue weighted by molar-refractivity contribution is 9.09. The number of aromatic nitrogens is 2. The molecule has 1 aromatic rings. The molecule has 1 aromatic heterocycles. The maximum absolute atomic E-state index is 9.21. The number of hydrogen-bond acceptors (Lipinski definition) is 6. The van der Waals surface area contributed by atoms with Gasteiger partial charge in [-0.15, -0.1) is 0 Å². The van der Waals surface area contributed by atoms with Crippen molar-refractivity contribution in [3.05, 3.63) is 6.07 Å². The molecule has 5 nitrogen and oxygen atoms in total. The number of thioether (sulfide) groups is 1. The fraction of sp³-hybridized carbons (Fsp3) is 0.600. The van der Waals surface area contributed by atoms with Crippen LogP contribution in [-0.2, 0) is 0 Å². The molecule has 96 valence electrons. The number of aliphatic hydroxyl groups excluding tert-OH is 1. The molecule has 0 fully saturated rings. The lowest BCUT2D eigenvalue weighted by atomic mass is 10.3. The summed E-state index contributed by atoms with van der Waals surface area (Å²) in [5, 5.41) is 10.6. The van der Waals surface area contributed by atoms with Crippen molar-refractivity contribution in [1.82, 2.24) is 9.97 Å². The number of alkyl halides is 1. The first-order chi connectivity index (χ1) is 8.23. The van der Waals surface area contributed by atoms with Gasteiger partial charge in [0.1, 0.15) is 0 Å². The van der Waals surface area contributed by atoms with Gasteiger partial charge in [0.05, 0.1) is 26.9 Å². The monoisotopic (exact) mass is 322 g/mol. The number of halogens is 1. The Morgan fingerprint density at radius 1 is 1.35 bits per heavy atom. The van der Waals surface area contributed by atoms with Crippen LogP contribution >= 0.6 is 27.7 Å². The van der Waals surface area contributed by atoms with E-state index in [4.69, 9.17) is 9.47 Å². The Hall–Kier alpha value is -0.530. The van der Waals surface area contributed by atoms with Crippen molar-refractivity contribution in [2.45, 2.75) is 16.8 Å². The first-order valence-electron chi connectivity index (χ1n) is 5.04. The van der Waals surface area contributed by atoms with Crippen molar-refractivity contribution in [1.29, 1.82) is 0 Å². The molecule has 0 aromatic carbocycles. The molecule has 0 bridgehead atoms. The van der Waals surface area contributed by atoms with E-state index in [2.05, 4.69) is 25.9 Å². The summed E-state index contributed by atoms with van der Waals surface area (Å²) in [5.74, 6) is 0.907. The lowest BCUT2D eigenvalue weighted by Crippen LogP contribution is -2.10. The topological polar surface area (TPSA) is 64.5 Å². The van der Waals surface area contributed by atoms with Gasteiger partial charge in [-0.2, -0.15) is 9.97 Å². The maximum atomic E-state index is 9.21. The van der Waals surface area contributed by atoms with Crippen LogP contribution in [0.1, 0.15) is 6.42 Å². The van der Waals surface area contributed by atoms with Crippen LogP contribution in [0.2, 0.25) is 0 Å². The second-order valence-corrected chi connectivity index (χ2v) is 5.20. The third kappa shape index (κ3) is 4.69. The van der Waals surface area contributed by atoms with Crippen LogP contribution in [0.3, 0.4) is 0 Å². The molecule has 0 saturated heterocycles. The van der Waals surface area contributed by atoms with E-state index in [-0.39, 0.29) is 11.9 Å². The number of aliphatic hydroxyl groups is 1. The number of ether oxygens (including phenoxy) is 2. The van der Waals surface area contributed by atoms with Crippen LogP contribution in [-0.4, -0.2) is 46.5 Å². The van der Waals surface area contributed by atoms with Gasteiger partial charge in [0.2, 0.25) is 11.8 Å². The highest BCUT2D eigenvalue weighted by Gasteiger charge is 2.13. The molecule has 0 aliphatic carbocycles. The summed E-state index contributed by atoms with van der Waals surface area (Å²) in [6, 6.07) is 1.61. The van der Waals surface area contributed by atoms with Crippen molar-refractivity contribution < 1.29 is 14.6 Å². The Kier molecular flexibility index (Phi) is 6.61. The molecule has 17 heavy (non-hydrogen) atoms. The van der Waals surface area contributed by atoms with Crippen molar-refractivity contribution in [3.63, 3.8) is 0 Å². The van der Waals surface area contributed by atoms with Gasteiger partial charge in [0, 0.05) is 10.6 Å². The van der Waals surface area contributed by atoms with Gasteiger partial charge >= 0.3 is 0 Å². The van der Waals surface area contributed by atoms with E-state index in [9.17, 15) is 5.11 Å². The molecule has 0 saturated carbocycles. The number of rotatable bonds is 7. The molecular formula is C10H15BrN2O3S. The molecular weight excluding hydrogens is 308 g/mol. The second-order valence-electron chi connectivity index (χ2n) is 3.14. The van der Waals surface area contributed by atoms with Gasteiger partial charge in [-0.1, -0.05) is 27.7 Å². The molecule has 0 aliphatic rings. The minimum Gasteiger partial charge on any atom is -0.481 e. The van der Waals surface area contributed by atoms with Crippen LogP contribution in [0.15, 0.2) is 11.2 Å². The van der Waals surface area contributed by atoms with Gasteiger partial charge in [-0.3, -0.25) is 0 Å². The molecule has 0 radical (unpaired) electrons. The predicted molar refractivity (Wildman–Crippen MR) is 70.3 cm³/mol. The highest BCUT2D eigenvalue weighted by Crippen LogP contribution is 2.26. The van der Waals surface area contributed by atoms with Gasteiger partial charge < -0.3 is 14.6 Å². The van der Waals surface area contributed by atoms with Crippen LogP contribution in [0.25, 0.3) is 0 Å². The zero-order valence-electron chi connectivity index (χ0n) is 9.72. The number of methoxy groups -OCH3 is 2. The molecule has 1 N–H and O–H groups in total. The Bertz CT molecular complexity index is 332. The SMILES string of the molecule is COc1cc(OC)nc(SC(CO)CCBr)n1. The lowest BCUT2D eigenvalue weighted by Gasteiger charge is -2.12. The average Bonchev–Trinajstić information content (AvgIpc) is 2.37. The zero-order valence-corrected chi connectivity index (χ0v) is 12.1. The van der Waals surface area contributed by atoms with Crippen molar-refractivity contribution in [2.24, 2.45) is 0 Å². The molecule has 1 unspecified atom stereocenters. The summed E-state index contributed by atoms with van der Waals surface area (Å²) in [5.41, 5.74) is 0. The minimum atomic E-state index is 0.0613. The Morgan fingerprint density at radius 3 is 2.35 bits per heavy atom. The number of hydrogen-bond donors (Lipinski definition) is 1. The summed E-state index contributed by atoms with van der Waals surface area (Å²) in [6.45, 7) is 0.0825. The van der Waals surface area contributed by atoms with Crippen LogP contribution in [0, 0.1) is 0 Å². The van der Waals surface area contributed by atoms with E-state index in [0.717, 1.165) is 11.8 Å². The van der Waals surface area contributed by atoms with Crippen molar-refractivity contribution >= 4 is 27.7 Å². The van der Waals surface area contributed by atoms with E-state index in [1.807, 2.05) is 0 Å². The second kappa shape index (κ2) is 7.73. The third-order valence-electron chi connectivity index (χ3n) is 1.98. The quantitative estimate of drug-likeness (QED) is 0.468. The highest BCUT2D eigenvalue weighted by atomic mass is 79.9. The molecule has 1 atom stereocenters. The smallest absolute Gasteiger partial charge is 0.220 e. The summed E-state index contributed by atoms with van der Waals surface area (Å²) < 4.78 is 10.1. The lowest BCUT2D eigenvalue weighted by molar-refractivity contribution is 0.293. The summed E-state index contributed by atoms with van der Waals surface area (Å²) >= 11 is 4.76.